The summed E-state index contributed by atoms with van der Waals surface area (Å²) in [6.45, 7) is 1.90. The Kier molecular flexibility index (Phi) is 3.26. The Morgan fingerprint density at radius 2 is 2.33 bits per heavy atom. The molecule has 2 N–H and O–H groups in total. The van der Waals surface area contributed by atoms with Crippen LogP contribution in [0, 0.1) is 0 Å². The van der Waals surface area contributed by atoms with Gasteiger partial charge in [-0.25, -0.2) is 4.98 Å². The van der Waals surface area contributed by atoms with Gasteiger partial charge in [-0.1, -0.05) is 23.7 Å². The van der Waals surface area contributed by atoms with Gasteiger partial charge in [0.25, 0.3) is 0 Å². The normalized spacial score (nSPS) is 13.6. The first-order valence-corrected chi connectivity index (χ1v) is 4.12. The molecule has 1 rings (SSSR count). The van der Waals surface area contributed by atoms with Crippen LogP contribution < -0.4 is 5.73 Å². The number of hydrogen-bond donors (Lipinski definition) is 1. The Hall–Kier alpha value is -0.860. The summed E-state index contributed by atoms with van der Waals surface area (Å²) in [6, 6.07) is 5.52. The molecular weight excluding hydrogens is 172 g/mol. The van der Waals surface area contributed by atoms with Gasteiger partial charge in [0.2, 0.25) is 0 Å². The lowest BCUT2D eigenvalue weighted by Gasteiger charge is -1.95. The lowest BCUT2D eigenvalue weighted by molar-refractivity contribution is 0.930. The fourth-order valence-corrected chi connectivity index (χ4v) is 0.937. The Morgan fingerprint density at radius 1 is 1.58 bits per heavy atom. The van der Waals surface area contributed by atoms with E-state index in [1.807, 2.05) is 31.2 Å². The second kappa shape index (κ2) is 4.24. The highest BCUT2D eigenvalue weighted by atomic mass is 35.5. The van der Waals surface area contributed by atoms with Gasteiger partial charge in [0.15, 0.2) is 0 Å². The standard InChI is InChI=1S/C9H11ClN2/c1-7(11)5-6-8-3-2-4-9(10)12-8/h2-7H,11H2,1H3/b6-5+. The van der Waals surface area contributed by atoms with Gasteiger partial charge in [0.05, 0.1) is 5.69 Å². The molecule has 2 nitrogen and oxygen atoms in total. The molecule has 0 aliphatic carbocycles. The number of halogens is 1. The van der Waals surface area contributed by atoms with Crippen LogP contribution in [0.2, 0.25) is 5.15 Å². The zero-order valence-electron chi connectivity index (χ0n) is 6.87. The van der Waals surface area contributed by atoms with Crippen molar-refractivity contribution in [3.8, 4) is 0 Å². The van der Waals surface area contributed by atoms with Gasteiger partial charge in [0, 0.05) is 6.04 Å². The Labute approximate surface area is 77.1 Å². The van der Waals surface area contributed by atoms with Crippen LogP contribution >= 0.6 is 11.6 Å². The van der Waals surface area contributed by atoms with Crippen molar-refractivity contribution in [2.24, 2.45) is 5.73 Å². The van der Waals surface area contributed by atoms with Gasteiger partial charge >= 0.3 is 0 Å². The van der Waals surface area contributed by atoms with E-state index < -0.39 is 0 Å². The number of aromatic nitrogens is 1. The molecule has 0 aliphatic rings. The molecule has 1 aromatic heterocycles. The van der Waals surface area contributed by atoms with Crippen molar-refractivity contribution < 1.29 is 0 Å². The van der Waals surface area contributed by atoms with Crippen molar-refractivity contribution in [3.63, 3.8) is 0 Å². The van der Waals surface area contributed by atoms with Gasteiger partial charge in [-0.15, -0.1) is 0 Å². The molecule has 1 unspecified atom stereocenters. The van der Waals surface area contributed by atoms with E-state index in [2.05, 4.69) is 4.98 Å². The zero-order chi connectivity index (χ0) is 8.97. The predicted octanol–water partition coefficient (Wildman–Crippen LogP) is 2.10. The van der Waals surface area contributed by atoms with Crippen LogP contribution in [-0.4, -0.2) is 11.0 Å². The summed E-state index contributed by atoms with van der Waals surface area (Å²) in [6.07, 6.45) is 3.73. The summed E-state index contributed by atoms with van der Waals surface area (Å²) in [7, 11) is 0. The van der Waals surface area contributed by atoms with Gasteiger partial charge < -0.3 is 5.73 Å². The smallest absolute Gasteiger partial charge is 0.129 e. The van der Waals surface area contributed by atoms with Crippen molar-refractivity contribution in [2.45, 2.75) is 13.0 Å². The minimum absolute atomic E-state index is 0.0470. The van der Waals surface area contributed by atoms with Crippen LogP contribution in [0.15, 0.2) is 24.3 Å². The third kappa shape index (κ3) is 3.03. The third-order valence-corrected chi connectivity index (χ3v) is 1.52. The van der Waals surface area contributed by atoms with E-state index in [0.717, 1.165) is 5.69 Å². The van der Waals surface area contributed by atoms with Gasteiger partial charge in [-0.3, -0.25) is 0 Å². The van der Waals surface area contributed by atoms with Gasteiger partial charge in [-0.05, 0) is 25.1 Å². The molecule has 0 saturated carbocycles. The molecule has 3 heteroatoms. The fraction of sp³-hybridized carbons (Fsp3) is 0.222. The summed E-state index contributed by atoms with van der Waals surface area (Å²) in [5.41, 5.74) is 6.36. The maximum absolute atomic E-state index is 5.68. The average Bonchev–Trinajstić information content (AvgIpc) is 2.01. The van der Waals surface area contributed by atoms with Crippen LogP contribution in [0.4, 0.5) is 0 Å². The molecule has 1 aromatic rings. The first-order valence-electron chi connectivity index (χ1n) is 3.75. The van der Waals surface area contributed by atoms with Crippen LogP contribution in [-0.2, 0) is 0 Å². The molecule has 1 atom stereocenters. The molecule has 12 heavy (non-hydrogen) atoms. The van der Waals surface area contributed by atoms with Crippen molar-refractivity contribution in [2.75, 3.05) is 0 Å². The highest BCUT2D eigenvalue weighted by molar-refractivity contribution is 6.29. The van der Waals surface area contributed by atoms with E-state index in [1.165, 1.54) is 0 Å². The van der Waals surface area contributed by atoms with Crippen molar-refractivity contribution in [1.29, 1.82) is 0 Å². The molecule has 0 saturated heterocycles. The van der Waals surface area contributed by atoms with Crippen molar-refractivity contribution in [3.05, 3.63) is 35.1 Å². The monoisotopic (exact) mass is 182 g/mol. The average molecular weight is 183 g/mol. The molecule has 1 heterocycles. The quantitative estimate of drug-likeness (QED) is 0.712. The molecular formula is C9H11ClN2. The Morgan fingerprint density at radius 3 is 2.92 bits per heavy atom. The fourth-order valence-electron chi connectivity index (χ4n) is 0.767. The lowest BCUT2D eigenvalue weighted by Crippen LogP contribution is -2.09. The predicted molar refractivity (Wildman–Crippen MR) is 51.9 cm³/mol. The molecule has 0 aromatic carbocycles. The van der Waals surface area contributed by atoms with Crippen molar-refractivity contribution in [1.82, 2.24) is 4.98 Å². The largest absolute Gasteiger partial charge is 0.325 e. The first-order chi connectivity index (χ1) is 5.68. The van der Waals surface area contributed by atoms with E-state index in [9.17, 15) is 0 Å². The van der Waals surface area contributed by atoms with E-state index in [4.69, 9.17) is 17.3 Å². The molecule has 0 aliphatic heterocycles. The molecule has 64 valence electrons. The van der Waals surface area contributed by atoms with Crippen LogP contribution in [0.1, 0.15) is 12.6 Å². The second-order valence-corrected chi connectivity index (χ2v) is 2.99. The highest BCUT2D eigenvalue weighted by Crippen LogP contribution is 2.06. The SMILES string of the molecule is CC(N)/C=C/c1cccc(Cl)n1. The summed E-state index contributed by atoms with van der Waals surface area (Å²) in [5, 5.41) is 0.502. The lowest BCUT2D eigenvalue weighted by atomic mass is 10.2. The van der Waals surface area contributed by atoms with Gasteiger partial charge in [-0.2, -0.15) is 0 Å². The first kappa shape index (κ1) is 9.23. The zero-order valence-corrected chi connectivity index (χ0v) is 7.62. The molecule has 0 fully saturated rings. The molecule has 0 radical (unpaired) electrons. The minimum Gasteiger partial charge on any atom is -0.325 e. The molecule has 0 amide bonds. The van der Waals surface area contributed by atoms with E-state index in [-0.39, 0.29) is 6.04 Å². The van der Waals surface area contributed by atoms with E-state index in [0.29, 0.717) is 5.15 Å². The summed E-state index contributed by atoms with van der Waals surface area (Å²) >= 11 is 5.68. The number of pyridine rings is 1. The second-order valence-electron chi connectivity index (χ2n) is 2.60. The summed E-state index contributed by atoms with van der Waals surface area (Å²) in [4.78, 5) is 4.07. The van der Waals surface area contributed by atoms with Crippen LogP contribution in [0.25, 0.3) is 6.08 Å². The van der Waals surface area contributed by atoms with Gasteiger partial charge in [0.1, 0.15) is 5.15 Å². The number of nitrogens with two attached hydrogens (primary N) is 1. The summed E-state index contributed by atoms with van der Waals surface area (Å²) in [5.74, 6) is 0. The van der Waals surface area contributed by atoms with Crippen LogP contribution in [0.5, 0.6) is 0 Å². The minimum atomic E-state index is 0.0470. The Balaban J connectivity index is 2.76. The maximum atomic E-state index is 5.68. The van der Waals surface area contributed by atoms with Crippen LogP contribution in [0.3, 0.4) is 0 Å². The molecule has 0 bridgehead atoms. The Bertz CT molecular complexity index is 282. The summed E-state index contributed by atoms with van der Waals surface area (Å²) < 4.78 is 0. The molecule has 0 spiro atoms. The number of nitrogens with zero attached hydrogens (tertiary/aromatic N) is 1. The third-order valence-electron chi connectivity index (χ3n) is 1.31. The topological polar surface area (TPSA) is 38.9 Å². The van der Waals surface area contributed by atoms with Crippen molar-refractivity contribution >= 4 is 17.7 Å². The van der Waals surface area contributed by atoms with E-state index >= 15 is 0 Å². The number of hydrogen-bond acceptors (Lipinski definition) is 2. The van der Waals surface area contributed by atoms with E-state index in [1.54, 1.807) is 6.07 Å². The highest BCUT2D eigenvalue weighted by Gasteiger charge is 1.90. The maximum Gasteiger partial charge on any atom is 0.129 e. The number of rotatable bonds is 2.